The van der Waals surface area contributed by atoms with E-state index in [9.17, 15) is 0 Å². The molecule has 0 radical (unpaired) electrons. The fourth-order valence-electron chi connectivity index (χ4n) is 7.77. The number of hydrogen-bond donors (Lipinski definition) is 0. The van der Waals surface area contributed by atoms with Crippen molar-refractivity contribution in [1.82, 2.24) is 15.0 Å². The van der Waals surface area contributed by atoms with Crippen LogP contribution in [0.2, 0.25) is 0 Å². The van der Waals surface area contributed by atoms with Gasteiger partial charge in [0.15, 0.2) is 17.5 Å². The molecular weight excluding hydrogens is 649 g/mol. The van der Waals surface area contributed by atoms with E-state index in [1.165, 1.54) is 22.5 Å². The van der Waals surface area contributed by atoms with Gasteiger partial charge in [0.1, 0.15) is 11.2 Å². The van der Waals surface area contributed by atoms with E-state index in [1.807, 2.05) is 48.5 Å². The highest BCUT2D eigenvalue weighted by atomic mass is 16.3. The third-order valence-electron chi connectivity index (χ3n) is 10.5. The van der Waals surface area contributed by atoms with Gasteiger partial charge in [-0.25, -0.2) is 15.0 Å². The summed E-state index contributed by atoms with van der Waals surface area (Å²) in [5.74, 6) is 1.89. The van der Waals surface area contributed by atoms with Crippen molar-refractivity contribution in [1.29, 1.82) is 0 Å². The third kappa shape index (κ3) is 5.20. The first kappa shape index (κ1) is 30.9. The highest BCUT2D eigenvalue weighted by Gasteiger charge is 2.36. The van der Waals surface area contributed by atoms with Crippen molar-refractivity contribution >= 4 is 39.0 Å². The van der Waals surface area contributed by atoms with Crippen molar-refractivity contribution < 1.29 is 4.42 Å². The molecule has 0 saturated carbocycles. The Morgan fingerprint density at radius 3 is 1.53 bits per heavy atom. The zero-order chi connectivity index (χ0) is 35.5. The topological polar surface area (TPSA) is 55.1 Å². The average Bonchev–Trinajstić information content (AvgIpc) is 3.60. The van der Waals surface area contributed by atoms with Crippen LogP contribution in [-0.4, -0.2) is 15.0 Å². The Labute approximate surface area is 307 Å². The molecule has 10 rings (SSSR count). The van der Waals surface area contributed by atoms with Gasteiger partial charge in [-0.05, 0) is 76.9 Å². The molecule has 0 aliphatic carbocycles. The molecule has 5 heteroatoms. The van der Waals surface area contributed by atoms with E-state index in [0.717, 1.165) is 55.4 Å². The molecule has 0 spiro atoms. The number of aromatic nitrogens is 3. The minimum absolute atomic E-state index is 0.112. The highest BCUT2D eigenvalue weighted by molar-refractivity contribution is 6.06. The molecule has 53 heavy (non-hydrogen) atoms. The van der Waals surface area contributed by atoms with Gasteiger partial charge in [0.25, 0.3) is 0 Å². The second-order valence-electron chi connectivity index (χ2n) is 14.1. The fourth-order valence-corrected chi connectivity index (χ4v) is 7.77. The second-order valence-corrected chi connectivity index (χ2v) is 14.1. The zero-order valence-corrected chi connectivity index (χ0v) is 29.4. The van der Waals surface area contributed by atoms with Gasteiger partial charge in [0.2, 0.25) is 0 Å². The molecule has 0 fully saturated rings. The first-order chi connectivity index (χ1) is 26.0. The summed E-state index contributed by atoms with van der Waals surface area (Å²) in [6, 6.07) is 59.1. The van der Waals surface area contributed by atoms with Crippen LogP contribution in [0.15, 0.2) is 174 Å². The van der Waals surface area contributed by atoms with Gasteiger partial charge >= 0.3 is 0 Å². The summed E-state index contributed by atoms with van der Waals surface area (Å²) in [7, 11) is 0. The number of para-hydroxylation sites is 3. The van der Waals surface area contributed by atoms with Gasteiger partial charge in [-0.1, -0.05) is 129 Å². The van der Waals surface area contributed by atoms with Crippen LogP contribution < -0.4 is 4.90 Å². The van der Waals surface area contributed by atoms with E-state index in [-0.39, 0.29) is 5.41 Å². The molecule has 2 aromatic heterocycles. The molecule has 3 heterocycles. The van der Waals surface area contributed by atoms with Crippen molar-refractivity contribution in [2.75, 3.05) is 4.90 Å². The lowest BCUT2D eigenvalue weighted by Gasteiger charge is -2.42. The predicted molar refractivity (Wildman–Crippen MR) is 216 cm³/mol. The van der Waals surface area contributed by atoms with Crippen molar-refractivity contribution in [2.24, 2.45) is 0 Å². The van der Waals surface area contributed by atoms with Crippen molar-refractivity contribution in [3.63, 3.8) is 0 Å². The number of anilines is 3. The molecule has 9 aromatic rings. The Balaban J connectivity index is 1.03. The van der Waals surface area contributed by atoms with Crippen LogP contribution in [0.1, 0.15) is 25.0 Å². The summed E-state index contributed by atoms with van der Waals surface area (Å²) in [4.78, 5) is 17.4. The molecule has 0 saturated heterocycles. The summed E-state index contributed by atoms with van der Waals surface area (Å²) in [6.07, 6.45) is 0. The van der Waals surface area contributed by atoms with Crippen LogP contribution in [-0.2, 0) is 5.41 Å². The lowest BCUT2D eigenvalue weighted by Crippen LogP contribution is -2.30. The van der Waals surface area contributed by atoms with Crippen molar-refractivity contribution in [2.45, 2.75) is 19.3 Å². The average molecular weight is 683 g/mol. The smallest absolute Gasteiger partial charge is 0.164 e. The summed E-state index contributed by atoms with van der Waals surface area (Å²) in [6.45, 7) is 4.62. The van der Waals surface area contributed by atoms with E-state index >= 15 is 0 Å². The van der Waals surface area contributed by atoms with E-state index in [1.54, 1.807) is 0 Å². The molecule has 0 bridgehead atoms. The number of benzene rings is 7. The molecule has 0 atom stereocenters. The maximum absolute atomic E-state index is 6.06. The van der Waals surface area contributed by atoms with Gasteiger partial charge in [-0.2, -0.15) is 0 Å². The van der Waals surface area contributed by atoms with Crippen LogP contribution in [0.4, 0.5) is 17.1 Å². The third-order valence-corrected chi connectivity index (χ3v) is 10.5. The zero-order valence-electron chi connectivity index (χ0n) is 29.4. The lowest BCUT2D eigenvalue weighted by atomic mass is 9.73. The predicted octanol–water partition coefficient (Wildman–Crippen LogP) is 12.5. The molecular formula is C48H34N4O. The highest BCUT2D eigenvalue weighted by Crippen LogP contribution is 2.51. The number of nitrogens with zero attached hydrogens (tertiary/aromatic N) is 4. The van der Waals surface area contributed by atoms with E-state index in [0.29, 0.717) is 17.5 Å². The van der Waals surface area contributed by atoms with Crippen molar-refractivity contribution in [3.8, 4) is 45.3 Å². The number of hydrogen-bond acceptors (Lipinski definition) is 5. The van der Waals surface area contributed by atoms with Gasteiger partial charge in [0.05, 0.1) is 11.4 Å². The molecule has 252 valence electrons. The maximum atomic E-state index is 6.06. The van der Waals surface area contributed by atoms with Crippen molar-refractivity contribution in [3.05, 3.63) is 181 Å². The Kier molecular flexibility index (Phi) is 7.08. The van der Waals surface area contributed by atoms with E-state index in [4.69, 9.17) is 19.4 Å². The molecule has 0 unspecified atom stereocenters. The Morgan fingerprint density at radius 2 is 0.887 bits per heavy atom. The normalized spacial score (nSPS) is 13.2. The first-order valence-electron chi connectivity index (χ1n) is 17.9. The van der Waals surface area contributed by atoms with Crippen LogP contribution >= 0.6 is 0 Å². The van der Waals surface area contributed by atoms with Crippen LogP contribution in [0.3, 0.4) is 0 Å². The monoisotopic (exact) mass is 682 g/mol. The van der Waals surface area contributed by atoms with Crippen LogP contribution in [0, 0.1) is 0 Å². The van der Waals surface area contributed by atoms with E-state index in [2.05, 4.69) is 140 Å². The van der Waals surface area contributed by atoms with Gasteiger partial charge in [-0.3, -0.25) is 0 Å². The molecule has 7 aromatic carbocycles. The Hall–Kier alpha value is -6.85. The maximum Gasteiger partial charge on any atom is 0.164 e. The summed E-state index contributed by atoms with van der Waals surface area (Å²) in [5.41, 5.74) is 12.8. The second kappa shape index (κ2) is 12.1. The van der Waals surface area contributed by atoms with Crippen LogP contribution in [0.5, 0.6) is 0 Å². The molecule has 0 N–H and O–H groups in total. The summed E-state index contributed by atoms with van der Waals surface area (Å²) >= 11 is 0. The largest absolute Gasteiger partial charge is 0.456 e. The molecule has 0 amide bonds. The Morgan fingerprint density at radius 1 is 0.415 bits per heavy atom. The summed E-state index contributed by atoms with van der Waals surface area (Å²) in [5, 5.41) is 2.23. The molecule has 1 aliphatic heterocycles. The van der Waals surface area contributed by atoms with E-state index < -0.39 is 0 Å². The number of furan rings is 1. The standard InChI is InChI=1S/C48H34N4O/c1-48(2)39-15-7-9-17-41(39)52(42-18-10-8-16-40(42)48)36-27-24-34(25-28-36)47-50-45(32-12-4-3-5-13-32)49-46(51-47)33-22-20-31(21-23-33)35-26-29-44-38(30-35)37-14-6-11-19-43(37)53-44/h3-30H,1-2H3. The molecule has 1 aliphatic rings. The number of rotatable bonds is 5. The number of fused-ring (bicyclic) bond motifs is 5. The van der Waals surface area contributed by atoms with Gasteiger partial charge < -0.3 is 9.32 Å². The fraction of sp³-hybridized carbons (Fsp3) is 0.0625. The van der Waals surface area contributed by atoms with Gasteiger partial charge in [-0.15, -0.1) is 0 Å². The van der Waals surface area contributed by atoms with Crippen LogP contribution in [0.25, 0.3) is 67.2 Å². The summed E-state index contributed by atoms with van der Waals surface area (Å²) < 4.78 is 6.06. The Bertz CT molecular complexity index is 2750. The SMILES string of the molecule is CC1(C)c2ccccc2N(c2ccc(-c3nc(-c4ccccc4)nc(-c4ccc(-c5ccc6oc7ccccc7c6c5)cc4)n3)cc2)c2ccccc21. The molecule has 5 nitrogen and oxygen atoms in total. The minimum atomic E-state index is -0.112. The quantitative estimate of drug-likeness (QED) is 0.181. The minimum Gasteiger partial charge on any atom is -0.456 e. The van der Waals surface area contributed by atoms with Gasteiger partial charge in [0, 0.05) is 38.6 Å². The lowest BCUT2D eigenvalue weighted by molar-refractivity contribution is 0.632. The first-order valence-corrected chi connectivity index (χ1v) is 17.9.